The largest absolute Gasteiger partial charge is 0.468 e. The molecular weight excluding hydrogens is 318 g/mol. The van der Waals surface area contributed by atoms with Crippen LogP contribution in [-0.2, 0) is 25.5 Å². The van der Waals surface area contributed by atoms with Crippen LogP contribution in [0.4, 0.5) is 0 Å². The van der Waals surface area contributed by atoms with E-state index in [1.54, 1.807) is 0 Å². The molecule has 0 N–H and O–H groups in total. The van der Waals surface area contributed by atoms with Crippen LogP contribution in [0, 0.1) is 5.41 Å². The van der Waals surface area contributed by atoms with Gasteiger partial charge in [-0.2, -0.15) is 0 Å². The normalized spacial score (nSPS) is 31.2. The van der Waals surface area contributed by atoms with Gasteiger partial charge in [-0.05, 0) is 17.6 Å². The Bertz CT molecular complexity index is 668. The molecule has 0 radical (unpaired) electrons. The van der Waals surface area contributed by atoms with Crippen LogP contribution in [0.1, 0.15) is 24.8 Å². The minimum atomic E-state index is -0.744. The zero-order valence-electron chi connectivity index (χ0n) is 14.7. The molecule has 25 heavy (non-hydrogen) atoms. The van der Waals surface area contributed by atoms with Crippen molar-refractivity contribution in [2.45, 2.75) is 37.6 Å². The number of esters is 1. The molecule has 5 heteroatoms. The SMILES string of the molecule is C=C1CN(Cc2ccccc2)[C@H]2CCC3(C[C@]12C(=O)OC)OCCO3. The van der Waals surface area contributed by atoms with Gasteiger partial charge in [-0.25, -0.2) is 0 Å². The van der Waals surface area contributed by atoms with Gasteiger partial charge in [0.25, 0.3) is 0 Å². The van der Waals surface area contributed by atoms with Crippen molar-refractivity contribution in [2.75, 3.05) is 26.9 Å². The van der Waals surface area contributed by atoms with Crippen LogP contribution in [0.5, 0.6) is 0 Å². The molecule has 1 aromatic carbocycles. The number of fused-ring (bicyclic) bond motifs is 1. The van der Waals surface area contributed by atoms with Crippen LogP contribution in [0.15, 0.2) is 42.5 Å². The van der Waals surface area contributed by atoms with Gasteiger partial charge in [0, 0.05) is 32.0 Å². The number of rotatable bonds is 3. The van der Waals surface area contributed by atoms with Gasteiger partial charge < -0.3 is 14.2 Å². The van der Waals surface area contributed by atoms with Crippen LogP contribution in [0.25, 0.3) is 0 Å². The van der Waals surface area contributed by atoms with E-state index in [-0.39, 0.29) is 12.0 Å². The third-order valence-electron chi connectivity index (χ3n) is 5.97. The Balaban J connectivity index is 1.66. The van der Waals surface area contributed by atoms with E-state index in [1.807, 2.05) is 18.2 Å². The molecule has 4 rings (SSSR count). The van der Waals surface area contributed by atoms with Crippen LogP contribution in [-0.4, -0.2) is 49.6 Å². The maximum absolute atomic E-state index is 12.9. The Morgan fingerprint density at radius 2 is 2.04 bits per heavy atom. The van der Waals surface area contributed by atoms with Crippen molar-refractivity contribution in [3.05, 3.63) is 48.0 Å². The average Bonchev–Trinajstić information content (AvgIpc) is 3.19. The molecule has 2 atom stereocenters. The summed E-state index contributed by atoms with van der Waals surface area (Å²) >= 11 is 0. The minimum Gasteiger partial charge on any atom is -0.468 e. The lowest BCUT2D eigenvalue weighted by atomic mass is 9.66. The van der Waals surface area contributed by atoms with Gasteiger partial charge in [-0.1, -0.05) is 36.9 Å². The third-order valence-corrected chi connectivity index (χ3v) is 5.97. The molecule has 0 aromatic heterocycles. The maximum Gasteiger partial charge on any atom is 0.317 e. The second-order valence-electron chi connectivity index (χ2n) is 7.30. The first-order chi connectivity index (χ1) is 12.1. The minimum absolute atomic E-state index is 0.0751. The Morgan fingerprint density at radius 1 is 1.32 bits per heavy atom. The van der Waals surface area contributed by atoms with Gasteiger partial charge in [0.05, 0.1) is 20.3 Å². The summed E-state index contributed by atoms with van der Waals surface area (Å²) in [7, 11) is 1.46. The van der Waals surface area contributed by atoms with E-state index < -0.39 is 11.2 Å². The first-order valence-corrected chi connectivity index (χ1v) is 8.92. The van der Waals surface area contributed by atoms with E-state index >= 15 is 0 Å². The van der Waals surface area contributed by atoms with Crippen LogP contribution in [0.3, 0.4) is 0 Å². The maximum atomic E-state index is 12.9. The molecule has 2 aliphatic heterocycles. The summed E-state index contributed by atoms with van der Waals surface area (Å²) in [5.74, 6) is -0.868. The zero-order valence-corrected chi connectivity index (χ0v) is 14.7. The Hall–Kier alpha value is -1.69. The molecule has 3 aliphatic rings. The highest BCUT2D eigenvalue weighted by Gasteiger charge is 2.63. The quantitative estimate of drug-likeness (QED) is 0.623. The van der Waals surface area contributed by atoms with Crippen molar-refractivity contribution in [3.8, 4) is 0 Å². The zero-order chi connectivity index (χ0) is 17.5. The molecule has 0 amide bonds. The molecule has 5 nitrogen and oxygen atoms in total. The lowest BCUT2D eigenvalue weighted by molar-refractivity contribution is -0.211. The summed E-state index contributed by atoms with van der Waals surface area (Å²) in [4.78, 5) is 15.3. The van der Waals surface area contributed by atoms with E-state index in [9.17, 15) is 4.79 Å². The predicted molar refractivity (Wildman–Crippen MR) is 92.7 cm³/mol. The smallest absolute Gasteiger partial charge is 0.317 e. The Labute approximate surface area is 148 Å². The molecule has 0 bridgehead atoms. The van der Waals surface area contributed by atoms with Crippen molar-refractivity contribution >= 4 is 5.97 Å². The summed E-state index contributed by atoms with van der Waals surface area (Å²) in [6, 6.07) is 10.4. The van der Waals surface area contributed by atoms with E-state index in [2.05, 4.69) is 23.6 Å². The molecule has 0 unspecified atom stereocenters. The van der Waals surface area contributed by atoms with Crippen molar-refractivity contribution in [1.82, 2.24) is 4.90 Å². The highest BCUT2D eigenvalue weighted by Crippen LogP contribution is 2.55. The lowest BCUT2D eigenvalue weighted by Crippen LogP contribution is -2.55. The molecular formula is C20H25NO4. The molecule has 1 aromatic rings. The number of likely N-dealkylation sites (tertiary alicyclic amines) is 1. The van der Waals surface area contributed by atoms with Crippen LogP contribution < -0.4 is 0 Å². The Morgan fingerprint density at radius 3 is 2.72 bits per heavy atom. The summed E-state index contributed by atoms with van der Waals surface area (Å²) in [6.07, 6.45) is 2.14. The number of carbonyl (C=O) groups excluding carboxylic acids is 1. The van der Waals surface area contributed by atoms with E-state index in [4.69, 9.17) is 14.2 Å². The number of benzene rings is 1. The van der Waals surface area contributed by atoms with Crippen molar-refractivity contribution in [1.29, 1.82) is 0 Å². The third kappa shape index (κ3) is 2.62. The van der Waals surface area contributed by atoms with Gasteiger partial charge in [-0.15, -0.1) is 0 Å². The number of nitrogens with zero attached hydrogens (tertiary/aromatic N) is 1. The highest BCUT2D eigenvalue weighted by atomic mass is 16.7. The average molecular weight is 343 g/mol. The lowest BCUT2D eigenvalue weighted by Gasteiger charge is -2.46. The second kappa shape index (κ2) is 6.24. The molecule has 1 spiro atoms. The summed E-state index contributed by atoms with van der Waals surface area (Å²) in [5.41, 5.74) is 1.41. The molecule has 1 saturated carbocycles. The van der Waals surface area contributed by atoms with E-state index in [1.165, 1.54) is 12.7 Å². The number of methoxy groups -OCH3 is 1. The molecule has 134 valence electrons. The first kappa shape index (κ1) is 16.8. The topological polar surface area (TPSA) is 48.0 Å². The monoisotopic (exact) mass is 343 g/mol. The van der Waals surface area contributed by atoms with E-state index in [0.29, 0.717) is 26.2 Å². The van der Waals surface area contributed by atoms with Crippen LogP contribution in [0.2, 0.25) is 0 Å². The Kier molecular flexibility index (Phi) is 4.18. The van der Waals surface area contributed by atoms with Gasteiger partial charge in [-0.3, -0.25) is 9.69 Å². The second-order valence-corrected chi connectivity index (χ2v) is 7.30. The highest BCUT2D eigenvalue weighted by molar-refractivity contribution is 5.83. The van der Waals surface area contributed by atoms with Gasteiger partial charge in [0.15, 0.2) is 5.79 Å². The number of carbonyl (C=O) groups is 1. The fraction of sp³-hybridized carbons (Fsp3) is 0.550. The number of hydrogen-bond donors (Lipinski definition) is 0. The standard InChI is InChI=1S/C20H25NO4/c1-15-12-21(13-16-6-4-3-5-7-16)17-8-9-19(24-10-11-25-19)14-20(15,17)18(22)23-2/h3-7,17H,1,8-14H2,2H3/t17-,20-/m0/s1. The van der Waals surface area contributed by atoms with Crippen LogP contribution >= 0.6 is 0 Å². The van der Waals surface area contributed by atoms with Crippen molar-refractivity contribution < 1.29 is 19.0 Å². The fourth-order valence-electron chi connectivity index (χ4n) is 4.85. The summed E-state index contributed by atoms with van der Waals surface area (Å²) in [6.45, 7) is 6.95. The van der Waals surface area contributed by atoms with Crippen molar-refractivity contribution in [2.24, 2.45) is 5.41 Å². The molecule has 1 aliphatic carbocycles. The van der Waals surface area contributed by atoms with Gasteiger partial charge in [0.2, 0.25) is 0 Å². The fourth-order valence-corrected chi connectivity index (χ4v) is 4.85. The summed E-state index contributed by atoms with van der Waals surface area (Å²) in [5, 5.41) is 0. The molecule has 3 fully saturated rings. The molecule has 2 heterocycles. The molecule has 2 saturated heterocycles. The first-order valence-electron chi connectivity index (χ1n) is 8.92. The number of hydrogen-bond acceptors (Lipinski definition) is 5. The summed E-state index contributed by atoms with van der Waals surface area (Å²) < 4.78 is 17.1. The number of ether oxygens (including phenoxy) is 3. The van der Waals surface area contributed by atoms with E-state index in [0.717, 1.165) is 25.0 Å². The van der Waals surface area contributed by atoms with Gasteiger partial charge >= 0.3 is 5.97 Å². The van der Waals surface area contributed by atoms with Gasteiger partial charge in [0.1, 0.15) is 5.41 Å². The predicted octanol–water partition coefficient (Wildman–Crippen LogP) is 2.51. The van der Waals surface area contributed by atoms with Crippen molar-refractivity contribution in [3.63, 3.8) is 0 Å².